The van der Waals surface area contributed by atoms with Gasteiger partial charge >= 0.3 is 7.12 Å². The minimum absolute atomic E-state index is 0.202. The Bertz CT molecular complexity index is 6830. The Kier molecular flexibility index (Phi) is 17.7. The van der Waals surface area contributed by atoms with E-state index in [1.807, 2.05) is 146 Å². The SMILES string of the molecule is CC1(C)OB(c2ccc(-c3c(-c4cccc5c4oc4ccccc45)c4ccccc4c4ccccc34)cc2)OC1(C)C.Clc1nc(-c2ccccc2)nc(-c2ccccc2)n1.c1ccc(-c2nc(-c3ccccc3)nc(-c3ccc(-c4c(-c5cccc6c5oc5ccccc56)c5ccccc5c5ccccc45)cc3)n2)cc1. The highest BCUT2D eigenvalue weighted by molar-refractivity contribution is 6.62. The van der Waals surface area contributed by atoms with Crippen molar-refractivity contribution in [1.82, 2.24) is 29.9 Å². The number of aromatic nitrogens is 6. The van der Waals surface area contributed by atoms with Crippen molar-refractivity contribution in [3.05, 3.63) is 357 Å². The molecule has 16 aromatic carbocycles. The zero-order valence-electron chi connectivity index (χ0n) is 61.8. The van der Waals surface area contributed by atoms with Crippen LogP contribution in [0.2, 0.25) is 5.28 Å². The summed E-state index contributed by atoms with van der Waals surface area (Å²) in [5.41, 5.74) is 17.6. The molecule has 21 rings (SSSR count). The molecule has 1 fully saturated rings. The second-order valence-electron chi connectivity index (χ2n) is 29.1. The zero-order valence-corrected chi connectivity index (χ0v) is 62.5. The predicted molar refractivity (Wildman–Crippen MR) is 460 cm³/mol. The quantitative estimate of drug-likeness (QED) is 0.0966. The molecule has 0 amide bonds. The lowest BCUT2D eigenvalue weighted by molar-refractivity contribution is 0.00578. The highest BCUT2D eigenvalue weighted by atomic mass is 35.5. The van der Waals surface area contributed by atoms with E-state index in [-0.39, 0.29) is 16.5 Å². The fourth-order valence-corrected chi connectivity index (χ4v) is 15.8. The first-order valence-corrected chi connectivity index (χ1v) is 38.0. The molecule has 1 aliphatic heterocycles. The fraction of sp³-hybridized carbons (Fsp3) is 0.0600. The van der Waals surface area contributed by atoms with Crippen LogP contribution in [-0.2, 0) is 9.31 Å². The number of nitrogens with zero attached hydrogens (tertiary/aromatic N) is 6. The second-order valence-corrected chi connectivity index (χ2v) is 29.4. The standard InChI is InChI=1S/C47H29N3O.C38H31BO3.C15H10ClN3/c1-3-14-31(15-4-1)45-48-46(32-16-5-2-6-17-32)50-47(49-45)33-28-26-30(27-29-33)42-37-21-9-7-18-34(37)35-19-8-10-22-38(35)43(42)40-24-13-23-39-36-20-11-12-25-41(36)51-44(39)40;1-37(2)38(3,4)42-39(41-37)25-22-20-24(21-23-25)34-29-15-7-5-12-26(29)27-13-6-8-16-30(27)35(34)32-18-11-17-31-28-14-9-10-19-33(28)40-36(31)32;16-15-18-13(11-7-3-1-4-8-11)17-14(19-15)12-9-5-2-6-10-12/h1-29H;5-23H,1-4H3;1-10H. The van der Waals surface area contributed by atoms with Crippen molar-refractivity contribution in [2.45, 2.75) is 38.9 Å². The van der Waals surface area contributed by atoms with E-state index in [1.54, 1.807) is 0 Å². The summed E-state index contributed by atoms with van der Waals surface area (Å²) in [6.07, 6.45) is 0. The van der Waals surface area contributed by atoms with Crippen LogP contribution in [0.1, 0.15) is 27.7 Å². The van der Waals surface area contributed by atoms with Crippen LogP contribution in [0.3, 0.4) is 0 Å². The van der Waals surface area contributed by atoms with Crippen molar-refractivity contribution in [1.29, 1.82) is 0 Å². The van der Waals surface area contributed by atoms with Crippen LogP contribution < -0.4 is 5.46 Å². The lowest BCUT2D eigenvalue weighted by Gasteiger charge is -2.32. The van der Waals surface area contributed by atoms with Crippen molar-refractivity contribution in [3.63, 3.8) is 0 Å². The number of furan rings is 2. The van der Waals surface area contributed by atoms with Gasteiger partial charge in [-0.15, -0.1) is 0 Å². The molecule has 0 spiro atoms. The summed E-state index contributed by atoms with van der Waals surface area (Å²) in [6, 6.07) is 121. The minimum Gasteiger partial charge on any atom is -0.455 e. The average Bonchev–Trinajstić information content (AvgIpc) is 0.957. The number of benzene rings is 16. The summed E-state index contributed by atoms with van der Waals surface area (Å²) in [5, 5.41) is 14.4. The number of para-hydroxylation sites is 4. The summed E-state index contributed by atoms with van der Waals surface area (Å²) in [4.78, 5) is 27.7. The Balaban J connectivity index is 0.000000124. The summed E-state index contributed by atoms with van der Waals surface area (Å²) >= 11 is 5.99. The number of fused-ring (bicyclic) bond motifs is 12. The third-order valence-electron chi connectivity index (χ3n) is 21.7. The summed E-state index contributed by atoms with van der Waals surface area (Å²) in [7, 11) is -0.402. The van der Waals surface area contributed by atoms with Crippen LogP contribution in [0.5, 0.6) is 0 Å². The van der Waals surface area contributed by atoms with Crippen molar-refractivity contribution in [3.8, 4) is 101 Å². The van der Waals surface area contributed by atoms with E-state index in [9.17, 15) is 0 Å². The second kappa shape index (κ2) is 28.8. The molecule has 1 aliphatic rings. The van der Waals surface area contributed by atoms with E-state index in [1.165, 1.54) is 54.2 Å². The Hall–Kier alpha value is -13.5. The average molecular weight is 1470 g/mol. The molecule has 112 heavy (non-hydrogen) atoms. The monoisotopic (exact) mass is 1460 g/mol. The predicted octanol–water partition coefficient (Wildman–Crippen LogP) is 25.8. The van der Waals surface area contributed by atoms with Crippen molar-refractivity contribution in [2.75, 3.05) is 0 Å². The zero-order chi connectivity index (χ0) is 75.4. The molecule has 0 radical (unpaired) electrons. The van der Waals surface area contributed by atoms with Crippen LogP contribution in [0.15, 0.2) is 361 Å². The number of halogens is 1. The maximum Gasteiger partial charge on any atom is 0.494 e. The molecule has 0 bridgehead atoms. The van der Waals surface area contributed by atoms with Crippen molar-refractivity contribution >= 4 is 111 Å². The normalized spacial score (nSPS) is 13.1. The number of rotatable bonds is 10. The van der Waals surface area contributed by atoms with E-state index in [2.05, 4.69) is 249 Å². The van der Waals surface area contributed by atoms with Crippen LogP contribution in [0.4, 0.5) is 0 Å². The number of hydrogen-bond acceptors (Lipinski definition) is 10. The summed E-state index contributed by atoms with van der Waals surface area (Å²) in [5.74, 6) is 3.08. The van der Waals surface area contributed by atoms with Gasteiger partial charge in [0.05, 0.1) is 11.2 Å². The molecule has 0 aliphatic carbocycles. The smallest absolute Gasteiger partial charge is 0.455 e. The third-order valence-corrected chi connectivity index (χ3v) is 21.9. The van der Waals surface area contributed by atoms with Gasteiger partial charge < -0.3 is 18.1 Å². The van der Waals surface area contributed by atoms with Gasteiger partial charge in [0.25, 0.3) is 0 Å². The Morgan fingerprint density at radius 1 is 0.232 bits per heavy atom. The van der Waals surface area contributed by atoms with E-state index < -0.39 is 7.12 Å². The minimum atomic E-state index is -0.402. The van der Waals surface area contributed by atoms with Gasteiger partial charge in [-0.1, -0.05) is 340 Å². The molecule has 1 saturated heterocycles. The molecule has 534 valence electrons. The Labute approximate surface area is 652 Å². The lowest BCUT2D eigenvalue weighted by atomic mass is 9.77. The first-order valence-electron chi connectivity index (χ1n) is 37.6. The molecular formula is C100H70BClN6O4. The molecule has 0 saturated carbocycles. The molecule has 20 aromatic rings. The van der Waals surface area contributed by atoms with Gasteiger partial charge in [0, 0.05) is 71.6 Å². The molecule has 4 aromatic heterocycles. The van der Waals surface area contributed by atoms with Crippen LogP contribution in [0, 0.1) is 0 Å². The van der Waals surface area contributed by atoms with Gasteiger partial charge in [0.2, 0.25) is 5.28 Å². The molecule has 12 heteroatoms. The Morgan fingerprint density at radius 2 is 0.491 bits per heavy atom. The molecule has 0 unspecified atom stereocenters. The van der Waals surface area contributed by atoms with Crippen LogP contribution in [0.25, 0.3) is 188 Å². The first kappa shape index (κ1) is 68.9. The number of hydrogen-bond donors (Lipinski definition) is 0. The highest BCUT2D eigenvalue weighted by Crippen LogP contribution is 2.50. The Morgan fingerprint density at radius 3 is 0.839 bits per heavy atom. The molecule has 0 N–H and O–H groups in total. The van der Waals surface area contributed by atoms with Crippen LogP contribution >= 0.6 is 11.6 Å². The van der Waals surface area contributed by atoms with Gasteiger partial charge in [-0.2, -0.15) is 9.97 Å². The molecular weight excluding hydrogens is 1400 g/mol. The third kappa shape index (κ3) is 12.7. The van der Waals surface area contributed by atoms with Gasteiger partial charge in [-0.25, -0.2) is 19.9 Å². The van der Waals surface area contributed by atoms with E-state index in [0.717, 1.165) is 111 Å². The lowest BCUT2D eigenvalue weighted by Crippen LogP contribution is -2.41. The van der Waals surface area contributed by atoms with Crippen molar-refractivity contribution < 1.29 is 18.1 Å². The maximum absolute atomic E-state index is 6.64. The largest absolute Gasteiger partial charge is 0.494 e. The van der Waals surface area contributed by atoms with Crippen molar-refractivity contribution in [2.24, 2.45) is 0 Å². The summed E-state index contributed by atoms with van der Waals surface area (Å²) < 4.78 is 25.9. The van der Waals surface area contributed by atoms with Gasteiger partial charge in [-0.3, -0.25) is 0 Å². The molecule has 10 nitrogen and oxygen atoms in total. The highest BCUT2D eigenvalue weighted by Gasteiger charge is 2.51. The molecule has 0 atom stereocenters. The van der Waals surface area contributed by atoms with E-state index in [4.69, 9.17) is 44.7 Å². The summed E-state index contributed by atoms with van der Waals surface area (Å²) in [6.45, 7) is 8.36. The van der Waals surface area contributed by atoms with Gasteiger partial charge in [0.15, 0.2) is 29.1 Å². The van der Waals surface area contributed by atoms with Gasteiger partial charge in [0.1, 0.15) is 22.3 Å². The van der Waals surface area contributed by atoms with E-state index >= 15 is 0 Å². The first-order chi connectivity index (χ1) is 54.9. The van der Waals surface area contributed by atoms with E-state index in [0.29, 0.717) is 29.1 Å². The fourth-order valence-electron chi connectivity index (χ4n) is 15.6. The van der Waals surface area contributed by atoms with Crippen LogP contribution in [-0.4, -0.2) is 48.2 Å². The van der Waals surface area contributed by atoms with Gasteiger partial charge in [-0.05, 0) is 122 Å². The topological polar surface area (TPSA) is 122 Å². The maximum atomic E-state index is 6.64. The molecule has 5 heterocycles.